The Hall–Kier alpha value is -0.300. The van der Waals surface area contributed by atoms with Crippen molar-refractivity contribution in [2.75, 3.05) is 13.2 Å². The highest BCUT2D eigenvalue weighted by Gasteiger charge is 2.02. The van der Waals surface area contributed by atoms with E-state index in [1.165, 1.54) is 32.1 Å². The lowest BCUT2D eigenvalue weighted by molar-refractivity contribution is 0.146. The van der Waals surface area contributed by atoms with E-state index in [4.69, 9.17) is 4.74 Å². The van der Waals surface area contributed by atoms with Crippen molar-refractivity contribution in [1.29, 1.82) is 0 Å². The third-order valence-electron chi connectivity index (χ3n) is 2.08. The zero-order valence-electron chi connectivity index (χ0n) is 7.44. The molecule has 64 valence electrons. The molecule has 1 heterocycles. The largest absolute Gasteiger partial charge is 0.381 e. The molecule has 0 aromatic rings. The third-order valence-corrected chi connectivity index (χ3v) is 2.08. The van der Waals surface area contributed by atoms with Crippen molar-refractivity contribution in [3.05, 3.63) is 11.6 Å². The van der Waals surface area contributed by atoms with Crippen molar-refractivity contribution in [3.63, 3.8) is 0 Å². The van der Waals surface area contributed by atoms with Gasteiger partial charge < -0.3 is 4.74 Å². The first-order chi connectivity index (χ1) is 5.43. The quantitative estimate of drug-likeness (QED) is 0.556. The monoisotopic (exact) mass is 154 g/mol. The van der Waals surface area contributed by atoms with Gasteiger partial charge in [-0.1, -0.05) is 25.0 Å². The number of rotatable bonds is 2. The van der Waals surface area contributed by atoms with E-state index in [0.717, 1.165) is 13.2 Å². The summed E-state index contributed by atoms with van der Waals surface area (Å²) in [6.07, 6.45) is 8.56. The van der Waals surface area contributed by atoms with Gasteiger partial charge in [-0.05, 0) is 25.7 Å². The predicted octanol–water partition coefficient (Wildman–Crippen LogP) is 2.91. The number of unbranched alkanes of at least 4 members (excludes halogenated alkanes) is 1. The van der Waals surface area contributed by atoms with Gasteiger partial charge in [-0.2, -0.15) is 0 Å². The van der Waals surface area contributed by atoms with Crippen LogP contribution in [0.1, 0.15) is 39.0 Å². The number of ether oxygens (including phenoxy) is 1. The molecule has 11 heavy (non-hydrogen) atoms. The Balaban J connectivity index is 2.29. The minimum Gasteiger partial charge on any atom is -0.381 e. The highest BCUT2D eigenvalue weighted by Crippen LogP contribution is 2.15. The first-order valence-corrected chi connectivity index (χ1v) is 4.69. The van der Waals surface area contributed by atoms with Gasteiger partial charge in [0.05, 0.1) is 6.61 Å². The fourth-order valence-electron chi connectivity index (χ4n) is 1.38. The highest BCUT2D eigenvalue weighted by molar-refractivity contribution is 5.02. The Morgan fingerprint density at radius 2 is 2.27 bits per heavy atom. The minimum atomic E-state index is 0.940. The van der Waals surface area contributed by atoms with Crippen LogP contribution >= 0.6 is 0 Å². The Bertz CT molecular complexity index is 117. The van der Waals surface area contributed by atoms with E-state index in [-0.39, 0.29) is 0 Å². The summed E-state index contributed by atoms with van der Waals surface area (Å²) in [6.45, 7) is 4.13. The van der Waals surface area contributed by atoms with Gasteiger partial charge in [-0.25, -0.2) is 0 Å². The summed E-state index contributed by atoms with van der Waals surface area (Å²) in [6, 6.07) is 0. The molecule has 1 fully saturated rings. The Morgan fingerprint density at radius 1 is 1.36 bits per heavy atom. The van der Waals surface area contributed by atoms with Crippen LogP contribution < -0.4 is 0 Å². The topological polar surface area (TPSA) is 9.23 Å². The second kappa shape index (κ2) is 5.36. The van der Waals surface area contributed by atoms with Gasteiger partial charge in [0.15, 0.2) is 0 Å². The minimum absolute atomic E-state index is 0.940. The van der Waals surface area contributed by atoms with Crippen LogP contribution in [0, 0.1) is 0 Å². The molecule has 0 spiro atoms. The van der Waals surface area contributed by atoms with Crippen LogP contribution in [0.15, 0.2) is 11.6 Å². The average Bonchev–Trinajstić information content (AvgIpc) is 2.28. The predicted molar refractivity (Wildman–Crippen MR) is 47.7 cm³/mol. The van der Waals surface area contributed by atoms with Crippen LogP contribution in [0.5, 0.6) is 0 Å². The van der Waals surface area contributed by atoms with Crippen molar-refractivity contribution in [2.45, 2.75) is 39.0 Å². The Labute approximate surface area is 69.4 Å². The van der Waals surface area contributed by atoms with Crippen LogP contribution in [-0.2, 0) is 4.74 Å². The molecule has 1 aliphatic heterocycles. The van der Waals surface area contributed by atoms with Crippen LogP contribution in [0.4, 0.5) is 0 Å². The summed E-state index contributed by atoms with van der Waals surface area (Å²) in [4.78, 5) is 0. The van der Waals surface area contributed by atoms with Gasteiger partial charge in [-0.3, -0.25) is 0 Å². The molecule has 0 atom stereocenters. The SMILES string of the molecule is CCC/C=C1/CCCOCC1. The maximum absolute atomic E-state index is 5.36. The fraction of sp³-hybridized carbons (Fsp3) is 0.800. The summed E-state index contributed by atoms with van der Waals surface area (Å²) in [5, 5.41) is 0. The van der Waals surface area contributed by atoms with Crippen LogP contribution in [-0.4, -0.2) is 13.2 Å². The van der Waals surface area contributed by atoms with Gasteiger partial charge in [0.1, 0.15) is 0 Å². The molecule has 1 heteroatoms. The molecule has 0 amide bonds. The molecule has 1 saturated heterocycles. The second-order valence-corrected chi connectivity index (χ2v) is 3.12. The van der Waals surface area contributed by atoms with E-state index >= 15 is 0 Å². The van der Waals surface area contributed by atoms with Crippen molar-refractivity contribution in [1.82, 2.24) is 0 Å². The van der Waals surface area contributed by atoms with Crippen molar-refractivity contribution < 1.29 is 4.74 Å². The molecule has 0 aromatic heterocycles. The van der Waals surface area contributed by atoms with Gasteiger partial charge in [0, 0.05) is 6.61 Å². The van der Waals surface area contributed by atoms with Gasteiger partial charge in [0.2, 0.25) is 0 Å². The standard InChI is InChI=1S/C10H18O/c1-2-3-5-10-6-4-8-11-9-7-10/h5H,2-4,6-9H2,1H3/b10-5-. The molecule has 0 saturated carbocycles. The molecule has 1 nitrogen and oxygen atoms in total. The summed E-state index contributed by atoms with van der Waals surface area (Å²) < 4.78 is 5.36. The first-order valence-electron chi connectivity index (χ1n) is 4.69. The number of allylic oxidation sites excluding steroid dienone is 1. The second-order valence-electron chi connectivity index (χ2n) is 3.12. The molecule has 1 rings (SSSR count). The molecule has 0 unspecified atom stereocenters. The van der Waals surface area contributed by atoms with E-state index in [1.54, 1.807) is 5.57 Å². The lowest BCUT2D eigenvalue weighted by atomic mass is 10.1. The van der Waals surface area contributed by atoms with E-state index in [2.05, 4.69) is 13.0 Å². The molecule has 0 radical (unpaired) electrons. The molecule has 0 bridgehead atoms. The molecule has 0 aromatic carbocycles. The molecule has 1 aliphatic rings. The molecule has 0 N–H and O–H groups in total. The Morgan fingerprint density at radius 3 is 3.09 bits per heavy atom. The number of hydrogen-bond donors (Lipinski definition) is 0. The Kier molecular flexibility index (Phi) is 4.29. The van der Waals surface area contributed by atoms with Gasteiger partial charge >= 0.3 is 0 Å². The van der Waals surface area contributed by atoms with Crippen LogP contribution in [0.3, 0.4) is 0 Å². The van der Waals surface area contributed by atoms with E-state index < -0.39 is 0 Å². The summed E-state index contributed by atoms with van der Waals surface area (Å²) >= 11 is 0. The van der Waals surface area contributed by atoms with Crippen molar-refractivity contribution in [2.24, 2.45) is 0 Å². The smallest absolute Gasteiger partial charge is 0.0503 e. The normalized spacial score (nSPS) is 23.5. The maximum Gasteiger partial charge on any atom is 0.0503 e. The van der Waals surface area contributed by atoms with Gasteiger partial charge in [0.25, 0.3) is 0 Å². The zero-order chi connectivity index (χ0) is 7.94. The number of hydrogen-bond acceptors (Lipinski definition) is 1. The van der Waals surface area contributed by atoms with Crippen molar-refractivity contribution in [3.8, 4) is 0 Å². The molecular weight excluding hydrogens is 136 g/mol. The summed E-state index contributed by atoms with van der Waals surface area (Å²) in [7, 11) is 0. The summed E-state index contributed by atoms with van der Waals surface area (Å²) in [5.41, 5.74) is 1.62. The average molecular weight is 154 g/mol. The highest BCUT2D eigenvalue weighted by atomic mass is 16.5. The van der Waals surface area contributed by atoms with Crippen LogP contribution in [0.25, 0.3) is 0 Å². The summed E-state index contributed by atoms with van der Waals surface area (Å²) in [5.74, 6) is 0. The third kappa shape index (κ3) is 3.57. The molecular formula is C10H18O. The lowest BCUT2D eigenvalue weighted by Crippen LogP contribution is -1.90. The van der Waals surface area contributed by atoms with Crippen molar-refractivity contribution >= 4 is 0 Å². The van der Waals surface area contributed by atoms with E-state index in [0.29, 0.717) is 0 Å². The fourth-order valence-corrected chi connectivity index (χ4v) is 1.38. The van der Waals surface area contributed by atoms with Gasteiger partial charge in [-0.15, -0.1) is 0 Å². The van der Waals surface area contributed by atoms with Crippen LogP contribution in [0.2, 0.25) is 0 Å². The van der Waals surface area contributed by atoms with E-state index in [9.17, 15) is 0 Å². The maximum atomic E-state index is 5.36. The van der Waals surface area contributed by atoms with E-state index in [1.807, 2.05) is 0 Å². The zero-order valence-corrected chi connectivity index (χ0v) is 7.44. The lowest BCUT2D eigenvalue weighted by Gasteiger charge is -1.99. The first kappa shape index (κ1) is 8.79. The molecule has 0 aliphatic carbocycles.